The summed E-state index contributed by atoms with van der Waals surface area (Å²) in [4.78, 5) is 74.8. The number of para-hydroxylation sites is 1. The molecule has 5 aliphatic rings. The first kappa shape index (κ1) is 46.4. The highest BCUT2D eigenvalue weighted by Crippen LogP contribution is 2.65. The number of nitrogens with zero attached hydrogens (tertiary/aromatic N) is 3. The number of benzene rings is 2. The quantitative estimate of drug-likeness (QED) is 0.110. The Kier molecular flexibility index (Phi) is 13.4. The number of halogens is 1. The smallest absolute Gasteiger partial charge is 0.482 e. The molecule has 4 N–H and O–H groups in total. The van der Waals surface area contributed by atoms with Crippen LogP contribution in [-0.2, 0) is 41.5 Å². The summed E-state index contributed by atoms with van der Waals surface area (Å²) in [5.74, 6) is -4.73. The van der Waals surface area contributed by atoms with Crippen molar-refractivity contribution in [2.24, 2.45) is 23.0 Å². The van der Waals surface area contributed by atoms with Crippen LogP contribution < -0.4 is 25.8 Å². The van der Waals surface area contributed by atoms with Gasteiger partial charge in [0.15, 0.2) is 11.9 Å². The van der Waals surface area contributed by atoms with Crippen molar-refractivity contribution in [3.63, 3.8) is 0 Å². The van der Waals surface area contributed by atoms with Crippen LogP contribution in [0.25, 0.3) is 0 Å². The average molecular weight is 885 g/mol. The van der Waals surface area contributed by atoms with Gasteiger partial charge in [0.05, 0.1) is 31.0 Å². The molecule has 2 aliphatic heterocycles. The summed E-state index contributed by atoms with van der Waals surface area (Å²) in [6.07, 6.45) is 3.07. The Bertz CT molecular complexity index is 2260. The van der Waals surface area contributed by atoms with E-state index in [4.69, 9.17) is 29.3 Å². The predicted octanol–water partition coefficient (Wildman–Crippen LogP) is 4.53. The highest BCUT2D eigenvalue weighted by molar-refractivity contribution is 6.48. The zero-order chi connectivity index (χ0) is 46.1. The van der Waals surface area contributed by atoms with Gasteiger partial charge in [-0.2, -0.15) is 0 Å². The molecule has 18 heteroatoms. The maximum atomic E-state index is 16.3. The van der Waals surface area contributed by atoms with Crippen LogP contribution >= 0.6 is 0 Å². The monoisotopic (exact) mass is 884 g/mol. The number of imide groups is 1. The number of hydrogen-bond acceptors (Lipinski definition) is 12. The minimum absolute atomic E-state index is 0.00250. The van der Waals surface area contributed by atoms with E-state index >= 15 is 4.39 Å². The van der Waals surface area contributed by atoms with Gasteiger partial charge in [-0.25, -0.2) is 14.0 Å². The minimum atomic E-state index is -1.85. The Morgan fingerprint density at radius 1 is 1.03 bits per heavy atom. The summed E-state index contributed by atoms with van der Waals surface area (Å²) in [6.45, 7) is 12.2. The molecule has 16 nitrogen and oxygen atoms in total. The summed E-state index contributed by atoms with van der Waals surface area (Å²) >= 11 is 0. The maximum Gasteiger partial charge on any atom is 0.482 e. The van der Waals surface area contributed by atoms with Crippen LogP contribution in [0.5, 0.6) is 11.5 Å². The Labute approximate surface area is 373 Å². The van der Waals surface area contributed by atoms with Gasteiger partial charge in [-0.3, -0.25) is 24.3 Å². The number of aromatic nitrogens is 1. The Balaban J connectivity index is 1.22. The molecule has 342 valence electrons. The topological polar surface area (TPSA) is 201 Å². The molecule has 0 radical (unpaired) electrons. The van der Waals surface area contributed by atoms with Crippen molar-refractivity contribution in [1.29, 1.82) is 0 Å². The molecule has 1 unspecified atom stereocenters. The van der Waals surface area contributed by atoms with Crippen molar-refractivity contribution in [2.45, 2.75) is 103 Å². The number of ether oxygens (including phenoxy) is 3. The van der Waals surface area contributed by atoms with E-state index in [1.54, 1.807) is 39.0 Å². The number of amides is 5. The fourth-order valence-corrected chi connectivity index (χ4v) is 9.56. The number of piperazine rings is 1. The lowest BCUT2D eigenvalue weighted by atomic mass is 9.43. The third-order valence-corrected chi connectivity index (χ3v) is 13.1. The van der Waals surface area contributed by atoms with Gasteiger partial charge in [-0.05, 0) is 94.4 Å². The molecule has 5 amide bonds. The van der Waals surface area contributed by atoms with Crippen molar-refractivity contribution in [2.75, 3.05) is 33.3 Å². The number of carbonyl (C=O) groups is 5. The third-order valence-electron chi connectivity index (χ3n) is 13.1. The second-order valence-corrected chi connectivity index (χ2v) is 18.7. The second kappa shape index (κ2) is 18.5. The molecule has 3 aliphatic carbocycles. The summed E-state index contributed by atoms with van der Waals surface area (Å²) < 4.78 is 47.2. The average Bonchev–Trinajstić information content (AvgIpc) is 3.62. The van der Waals surface area contributed by atoms with E-state index in [9.17, 15) is 24.0 Å². The van der Waals surface area contributed by atoms with Crippen LogP contribution in [0, 0.1) is 23.1 Å². The predicted molar refractivity (Wildman–Crippen MR) is 232 cm³/mol. The van der Waals surface area contributed by atoms with E-state index in [1.807, 2.05) is 37.3 Å². The zero-order valence-electron chi connectivity index (χ0n) is 37.5. The molecule has 3 aromatic rings. The number of nitrogens with one attached hydrogen (secondary N) is 2. The molecule has 0 spiro atoms. The van der Waals surface area contributed by atoms with E-state index in [2.05, 4.69) is 29.5 Å². The first-order valence-electron chi connectivity index (χ1n) is 21.8. The minimum Gasteiger partial charge on any atom is -0.496 e. The number of methoxy groups -OCH3 is 1. The van der Waals surface area contributed by atoms with Gasteiger partial charge >= 0.3 is 30.9 Å². The molecule has 2 bridgehead atoms. The van der Waals surface area contributed by atoms with Crippen molar-refractivity contribution in [3.8, 4) is 11.5 Å². The summed E-state index contributed by atoms with van der Waals surface area (Å²) in [7, 11) is 0.373. The van der Waals surface area contributed by atoms with Crippen molar-refractivity contribution >= 4 is 36.8 Å². The number of carbonyl (C=O) groups excluding carboxylic acids is 5. The fourth-order valence-electron chi connectivity index (χ4n) is 9.56. The van der Waals surface area contributed by atoms with Crippen LogP contribution in [0.15, 0.2) is 60.8 Å². The van der Waals surface area contributed by atoms with E-state index in [1.165, 1.54) is 18.2 Å². The lowest BCUT2D eigenvalue weighted by molar-refractivity contribution is -0.199. The molecular formula is C46H58BFN6O10. The van der Waals surface area contributed by atoms with Crippen LogP contribution in [0.2, 0.25) is 0 Å². The van der Waals surface area contributed by atoms with Gasteiger partial charge in [0.2, 0.25) is 5.91 Å². The Hall–Kier alpha value is -5.59. The van der Waals surface area contributed by atoms with Crippen LogP contribution in [0.4, 0.5) is 9.18 Å². The number of nitrogens with two attached hydrogens (primary N) is 1. The number of pyridine rings is 1. The van der Waals surface area contributed by atoms with E-state index < -0.39 is 71.5 Å². The molecule has 1 aromatic heterocycles. The SMILES string of the molecule is COc1c(C[C@H](NC(=O)C(NC(=O)N2CCN(CCCN)C(=O)C2=O)c2ncc(OCc3ccccc3)cc2F)B2O[C@@H]3C[C@@H]4C[C@@H](C4(C)C)[C@]3(C)O2)cccc1C(=O)OC(C)(C)C. The Morgan fingerprint density at radius 2 is 1.78 bits per heavy atom. The van der Waals surface area contributed by atoms with Gasteiger partial charge in [0.25, 0.3) is 0 Å². The molecule has 2 aromatic carbocycles. The molecular weight excluding hydrogens is 826 g/mol. The molecule has 2 saturated heterocycles. The standard InChI is InChI=1S/C46H58BFN6O10/c1-44(2,3)62-42(58)31-16-11-15-28(38(31)60-7)21-35(47-63-34-23-29-22-33(45(29,4)5)46(34,6)64-47)51-39(55)37(52-43(59)54-20-19-53(18-12-17-49)40(56)41(54)57)36-32(48)24-30(25-50-36)61-26-27-13-9-8-10-14-27/h8-11,13-16,24-25,29,33-35,37H,12,17-23,26,49H2,1-7H3,(H,51,55)(H,52,59)/t29-,33-,34+,35-,37?,46-/m0/s1. The van der Waals surface area contributed by atoms with Crippen LogP contribution in [0.3, 0.4) is 0 Å². The van der Waals surface area contributed by atoms with Crippen LogP contribution in [0.1, 0.15) is 94.0 Å². The normalized spacial score (nSPS) is 23.4. The molecule has 6 atom stereocenters. The number of esters is 1. The van der Waals surface area contributed by atoms with Gasteiger partial charge in [0.1, 0.15) is 35.0 Å². The number of rotatable bonds is 15. The lowest BCUT2D eigenvalue weighted by Gasteiger charge is -2.64. The van der Waals surface area contributed by atoms with Crippen molar-refractivity contribution in [3.05, 3.63) is 89.0 Å². The first-order valence-corrected chi connectivity index (χ1v) is 21.8. The first-order chi connectivity index (χ1) is 30.3. The van der Waals surface area contributed by atoms with Gasteiger partial charge < -0.3 is 44.8 Å². The summed E-state index contributed by atoms with van der Waals surface area (Å²) in [5, 5.41) is 5.46. The highest BCUT2D eigenvalue weighted by Gasteiger charge is 2.68. The van der Waals surface area contributed by atoms with Crippen molar-refractivity contribution < 1.29 is 51.9 Å². The number of urea groups is 1. The maximum absolute atomic E-state index is 16.3. The molecule has 3 saturated carbocycles. The lowest BCUT2D eigenvalue weighted by Crippen LogP contribution is -2.65. The second-order valence-electron chi connectivity index (χ2n) is 18.7. The zero-order valence-corrected chi connectivity index (χ0v) is 37.5. The molecule has 5 fully saturated rings. The largest absolute Gasteiger partial charge is 0.496 e. The van der Waals surface area contributed by atoms with Gasteiger partial charge in [-0.15, -0.1) is 0 Å². The van der Waals surface area contributed by atoms with E-state index in [0.29, 0.717) is 29.3 Å². The summed E-state index contributed by atoms with van der Waals surface area (Å²) in [5.41, 5.74) is 5.09. The Morgan fingerprint density at radius 3 is 2.45 bits per heavy atom. The molecule has 8 rings (SSSR count). The summed E-state index contributed by atoms with van der Waals surface area (Å²) in [6, 6.07) is 12.3. The third kappa shape index (κ3) is 9.45. The molecule has 3 heterocycles. The van der Waals surface area contributed by atoms with E-state index in [-0.39, 0.29) is 67.2 Å². The van der Waals surface area contributed by atoms with E-state index in [0.717, 1.165) is 24.5 Å². The van der Waals surface area contributed by atoms with Gasteiger partial charge in [0, 0.05) is 25.7 Å². The number of hydrogen-bond donors (Lipinski definition) is 3. The fraction of sp³-hybridized carbons (Fsp3) is 0.522. The van der Waals surface area contributed by atoms with Crippen LogP contribution in [-0.4, -0.2) is 108 Å². The highest BCUT2D eigenvalue weighted by atomic mass is 19.1. The van der Waals surface area contributed by atoms with Crippen molar-refractivity contribution in [1.82, 2.24) is 25.4 Å². The van der Waals surface area contributed by atoms with Gasteiger partial charge in [-0.1, -0.05) is 56.3 Å². The molecule has 64 heavy (non-hydrogen) atoms.